The summed E-state index contributed by atoms with van der Waals surface area (Å²) in [7, 11) is 0. The normalized spacial score (nSPS) is 23.1. The van der Waals surface area contributed by atoms with E-state index in [0.29, 0.717) is 12.1 Å². The molecule has 1 aliphatic rings. The smallest absolute Gasteiger partial charge is 0.308 e. The van der Waals surface area contributed by atoms with Gasteiger partial charge in [-0.25, -0.2) is 0 Å². The van der Waals surface area contributed by atoms with Gasteiger partial charge in [0.25, 0.3) is 5.91 Å². The monoisotopic (exact) mass is 278 g/mol. The maximum atomic E-state index is 12.3. The SMILES string of the molecule is CCn1cccc1C(=O)NC1CCCCCC1C(=O)O. The van der Waals surface area contributed by atoms with Crippen molar-refractivity contribution in [3.8, 4) is 0 Å². The fourth-order valence-electron chi connectivity index (χ4n) is 2.91. The van der Waals surface area contributed by atoms with E-state index in [4.69, 9.17) is 0 Å². The highest BCUT2D eigenvalue weighted by Crippen LogP contribution is 2.24. The van der Waals surface area contributed by atoms with Crippen LogP contribution in [-0.2, 0) is 11.3 Å². The molecule has 0 aromatic carbocycles. The first-order valence-electron chi connectivity index (χ1n) is 7.32. The number of aryl methyl sites for hydroxylation is 1. The predicted molar refractivity (Wildman–Crippen MR) is 75.6 cm³/mol. The van der Waals surface area contributed by atoms with Crippen molar-refractivity contribution in [3.63, 3.8) is 0 Å². The van der Waals surface area contributed by atoms with Gasteiger partial charge in [0.1, 0.15) is 5.69 Å². The fraction of sp³-hybridized carbons (Fsp3) is 0.600. The van der Waals surface area contributed by atoms with E-state index in [2.05, 4.69) is 5.32 Å². The lowest BCUT2D eigenvalue weighted by molar-refractivity contribution is -0.142. The number of hydrogen-bond acceptors (Lipinski definition) is 2. The minimum absolute atomic E-state index is 0.171. The lowest BCUT2D eigenvalue weighted by atomic mass is 9.95. The first kappa shape index (κ1) is 14.6. The Morgan fingerprint density at radius 2 is 2.10 bits per heavy atom. The van der Waals surface area contributed by atoms with Crippen LogP contribution in [0.3, 0.4) is 0 Å². The van der Waals surface area contributed by atoms with E-state index in [9.17, 15) is 14.7 Å². The van der Waals surface area contributed by atoms with Crippen LogP contribution in [0.25, 0.3) is 0 Å². The van der Waals surface area contributed by atoms with Crippen molar-refractivity contribution < 1.29 is 14.7 Å². The molecule has 2 N–H and O–H groups in total. The van der Waals surface area contributed by atoms with Crippen LogP contribution in [0, 0.1) is 5.92 Å². The number of carbonyl (C=O) groups excluding carboxylic acids is 1. The molecule has 0 saturated heterocycles. The van der Waals surface area contributed by atoms with Gasteiger partial charge in [0.05, 0.1) is 5.92 Å². The Hall–Kier alpha value is -1.78. The molecule has 0 spiro atoms. The molecule has 1 saturated carbocycles. The van der Waals surface area contributed by atoms with Crippen molar-refractivity contribution in [2.45, 2.75) is 51.6 Å². The summed E-state index contributed by atoms with van der Waals surface area (Å²) in [5, 5.41) is 12.2. The van der Waals surface area contributed by atoms with Crippen LogP contribution < -0.4 is 5.32 Å². The highest BCUT2D eigenvalue weighted by molar-refractivity contribution is 5.93. The molecule has 2 rings (SSSR count). The zero-order valence-corrected chi connectivity index (χ0v) is 11.8. The molecule has 1 aromatic heterocycles. The topological polar surface area (TPSA) is 71.3 Å². The van der Waals surface area contributed by atoms with Gasteiger partial charge in [0.2, 0.25) is 0 Å². The number of hydrogen-bond donors (Lipinski definition) is 2. The molecule has 2 unspecified atom stereocenters. The Morgan fingerprint density at radius 3 is 2.80 bits per heavy atom. The van der Waals surface area contributed by atoms with Crippen LogP contribution in [0.1, 0.15) is 49.5 Å². The van der Waals surface area contributed by atoms with Gasteiger partial charge >= 0.3 is 5.97 Å². The van der Waals surface area contributed by atoms with Crippen molar-refractivity contribution in [1.29, 1.82) is 0 Å². The zero-order chi connectivity index (χ0) is 14.5. The standard InChI is InChI=1S/C15H22N2O3/c1-2-17-10-6-9-13(17)14(18)16-12-8-5-3-4-7-11(12)15(19)20/h6,9-12H,2-5,7-8H2,1H3,(H,16,18)(H,19,20). The number of carbonyl (C=O) groups is 2. The molecule has 110 valence electrons. The van der Waals surface area contributed by atoms with Crippen molar-refractivity contribution in [2.24, 2.45) is 5.92 Å². The maximum Gasteiger partial charge on any atom is 0.308 e. The van der Waals surface area contributed by atoms with E-state index >= 15 is 0 Å². The molecular weight excluding hydrogens is 256 g/mol. The lowest BCUT2D eigenvalue weighted by Gasteiger charge is -2.23. The van der Waals surface area contributed by atoms with E-state index in [0.717, 1.165) is 32.2 Å². The van der Waals surface area contributed by atoms with Gasteiger partial charge in [-0.1, -0.05) is 19.3 Å². The number of rotatable bonds is 4. The number of amides is 1. The average molecular weight is 278 g/mol. The maximum absolute atomic E-state index is 12.3. The van der Waals surface area contributed by atoms with Gasteiger partial charge in [0, 0.05) is 18.8 Å². The fourth-order valence-corrected chi connectivity index (χ4v) is 2.91. The third-order valence-corrected chi connectivity index (χ3v) is 4.05. The molecule has 0 radical (unpaired) electrons. The third-order valence-electron chi connectivity index (χ3n) is 4.05. The second-order valence-corrected chi connectivity index (χ2v) is 5.34. The molecular formula is C15H22N2O3. The van der Waals surface area contributed by atoms with Crippen LogP contribution in [0.4, 0.5) is 0 Å². The third kappa shape index (κ3) is 3.21. The summed E-state index contributed by atoms with van der Waals surface area (Å²) in [6.45, 7) is 2.70. The minimum atomic E-state index is -0.803. The number of carboxylic acid groups (broad SMARTS) is 1. The van der Waals surface area contributed by atoms with E-state index in [1.807, 2.05) is 23.8 Å². The second-order valence-electron chi connectivity index (χ2n) is 5.34. The number of nitrogens with one attached hydrogen (secondary N) is 1. The van der Waals surface area contributed by atoms with Crippen molar-refractivity contribution >= 4 is 11.9 Å². The van der Waals surface area contributed by atoms with Crippen molar-refractivity contribution in [3.05, 3.63) is 24.0 Å². The van der Waals surface area contributed by atoms with Crippen LogP contribution >= 0.6 is 0 Å². The Bertz CT molecular complexity index is 481. The van der Waals surface area contributed by atoms with E-state index in [1.165, 1.54) is 0 Å². The second kappa shape index (κ2) is 6.59. The van der Waals surface area contributed by atoms with E-state index in [1.54, 1.807) is 6.07 Å². The molecule has 5 heteroatoms. The molecule has 1 amide bonds. The lowest BCUT2D eigenvalue weighted by Crippen LogP contribution is -2.43. The number of carboxylic acids is 1. The number of aromatic nitrogens is 1. The molecule has 0 aliphatic heterocycles. The summed E-state index contributed by atoms with van der Waals surface area (Å²) in [5.41, 5.74) is 0.598. The highest BCUT2D eigenvalue weighted by Gasteiger charge is 2.31. The molecule has 5 nitrogen and oxygen atoms in total. The quantitative estimate of drug-likeness (QED) is 0.830. The molecule has 1 fully saturated rings. The van der Waals surface area contributed by atoms with Crippen molar-refractivity contribution in [1.82, 2.24) is 9.88 Å². The summed E-state index contributed by atoms with van der Waals surface area (Å²) in [5.74, 6) is -1.44. The van der Waals surface area contributed by atoms with Crippen LogP contribution in [0.2, 0.25) is 0 Å². The number of aliphatic carboxylic acids is 1. The van der Waals surface area contributed by atoms with Gasteiger partial charge in [-0.3, -0.25) is 9.59 Å². The molecule has 1 aromatic rings. The van der Waals surface area contributed by atoms with Gasteiger partial charge in [-0.05, 0) is 31.9 Å². The summed E-state index contributed by atoms with van der Waals surface area (Å²) in [6.07, 6.45) is 6.20. The average Bonchev–Trinajstić information content (AvgIpc) is 2.78. The number of nitrogens with zero attached hydrogens (tertiary/aromatic N) is 1. The molecule has 20 heavy (non-hydrogen) atoms. The highest BCUT2D eigenvalue weighted by atomic mass is 16.4. The Morgan fingerprint density at radius 1 is 1.35 bits per heavy atom. The molecule has 0 bridgehead atoms. The Kier molecular flexibility index (Phi) is 4.82. The molecule has 2 atom stereocenters. The van der Waals surface area contributed by atoms with Crippen LogP contribution in [0.15, 0.2) is 18.3 Å². The van der Waals surface area contributed by atoms with Crippen molar-refractivity contribution in [2.75, 3.05) is 0 Å². The van der Waals surface area contributed by atoms with Crippen LogP contribution in [-0.4, -0.2) is 27.6 Å². The van der Waals surface area contributed by atoms with E-state index < -0.39 is 11.9 Å². The molecule has 1 heterocycles. The largest absolute Gasteiger partial charge is 0.481 e. The first-order valence-corrected chi connectivity index (χ1v) is 7.32. The Labute approximate surface area is 119 Å². The summed E-state index contributed by atoms with van der Waals surface area (Å²) in [6, 6.07) is 3.34. The first-order chi connectivity index (χ1) is 9.63. The summed E-state index contributed by atoms with van der Waals surface area (Å²) < 4.78 is 1.86. The summed E-state index contributed by atoms with van der Waals surface area (Å²) >= 11 is 0. The van der Waals surface area contributed by atoms with Gasteiger partial charge < -0.3 is 15.0 Å². The van der Waals surface area contributed by atoms with E-state index in [-0.39, 0.29) is 11.9 Å². The summed E-state index contributed by atoms with van der Waals surface area (Å²) in [4.78, 5) is 23.7. The molecule has 1 aliphatic carbocycles. The van der Waals surface area contributed by atoms with Crippen LogP contribution in [0.5, 0.6) is 0 Å². The van der Waals surface area contributed by atoms with Gasteiger partial charge in [0.15, 0.2) is 0 Å². The van der Waals surface area contributed by atoms with Gasteiger partial charge in [-0.2, -0.15) is 0 Å². The predicted octanol–water partition coefficient (Wildman–Crippen LogP) is 2.27. The van der Waals surface area contributed by atoms with Gasteiger partial charge in [-0.15, -0.1) is 0 Å². The minimum Gasteiger partial charge on any atom is -0.481 e. The Balaban J connectivity index is 2.09. The zero-order valence-electron chi connectivity index (χ0n) is 11.8.